The normalized spacial score (nSPS) is 12.5. The van der Waals surface area contributed by atoms with E-state index < -0.39 is 0 Å². The maximum atomic E-state index is 3.52. The predicted molar refractivity (Wildman–Crippen MR) is 81.3 cm³/mol. The molecule has 2 heteroatoms. The lowest BCUT2D eigenvalue weighted by Gasteiger charge is -2.26. The number of halogens is 1. The molecule has 0 radical (unpaired) electrons. The first-order valence-electron chi connectivity index (χ1n) is 6.55. The lowest BCUT2D eigenvalue weighted by molar-refractivity contribution is 0.517. The molecule has 0 heterocycles. The average molecular weight is 298 g/mol. The zero-order valence-electron chi connectivity index (χ0n) is 11.2. The molecule has 96 valence electrons. The van der Waals surface area contributed by atoms with E-state index in [4.69, 9.17) is 0 Å². The molecule has 0 aliphatic heterocycles. The maximum Gasteiger partial charge on any atom is 0.0395 e. The number of aryl methyl sites for hydroxylation is 1. The van der Waals surface area contributed by atoms with Gasteiger partial charge in [-0.2, -0.15) is 0 Å². The molecule has 0 aromatic heterocycles. The highest BCUT2D eigenvalue weighted by molar-refractivity contribution is 9.09. The molecule has 0 N–H and O–H groups in total. The van der Waals surface area contributed by atoms with Crippen molar-refractivity contribution in [3.05, 3.63) is 29.8 Å². The third kappa shape index (κ3) is 4.71. The Hall–Kier alpha value is -0.500. The molecule has 1 aromatic rings. The number of nitrogens with zero attached hydrogens (tertiary/aromatic N) is 1. The fraction of sp³-hybridized carbons (Fsp3) is 0.600. The van der Waals surface area contributed by atoms with E-state index in [9.17, 15) is 0 Å². The van der Waals surface area contributed by atoms with Crippen LogP contribution in [0.3, 0.4) is 0 Å². The Labute approximate surface area is 114 Å². The second-order valence-electron chi connectivity index (χ2n) is 4.74. The van der Waals surface area contributed by atoms with Crippen molar-refractivity contribution in [2.45, 2.75) is 33.6 Å². The molecule has 0 saturated carbocycles. The summed E-state index contributed by atoms with van der Waals surface area (Å²) in [5, 5.41) is 1.12. The van der Waals surface area contributed by atoms with Crippen molar-refractivity contribution in [3.8, 4) is 0 Å². The van der Waals surface area contributed by atoms with Gasteiger partial charge in [0.2, 0.25) is 0 Å². The van der Waals surface area contributed by atoms with Crippen LogP contribution in [0, 0.1) is 12.8 Å². The highest BCUT2D eigenvalue weighted by Crippen LogP contribution is 2.20. The van der Waals surface area contributed by atoms with Crippen LogP contribution in [0.1, 0.15) is 32.3 Å². The van der Waals surface area contributed by atoms with Gasteiger partial charge in [-0.25, -0.2) is 0 Å². The average Bonchev–Trinajstić information content (AvgIpc) is 2.32. The standard InChI is InChI=1S/C15H24BrN/c1-4-17(12-10-13(2)9-11-16)15-8-6-5-7-14(15)3/h5-8,13H,4,9-12H2,1-3H3. The molecular weight excluding hydrogens is 274 g/mol. The molecule has 1 rings (SSSR count). The lowest BCUT2D eigenvalue weighted by atomic mass is 10.0. The number of rotatable bonds is 7. The van der Waals surface area contributed by atoms with Gasteiger partial charge in [-0.3, -0.25) is 0 Å². The van der Waals surface area contributed by atoms with Crippen molar-refractivity contribution in [1.82, 2.24) is 0 Å². The Morgan fingerprint density at radius 2 is 1.94 bits per heavy atom. The number of para-hydroxylation sites is 1. The van der Waals surface area contributed by atoms with Crippen LogP contribution in [0.5, 0.6) is 0 Å². The summed E-state index contributed by atoms with van der Waals surface area (Å²) in [6.45, 7) is 9.02. The highest BCUT2D eigenvalue weighted by atomic mass is 79.9. The predicted octanol–water partition coefficient (Wildman–Crippen LogP) is 4.63. The third-order valence-corrected chi connectivity index (χ3v) is 3.79. The van der Waals surface area contributed by atoms with Crippen LogP contribution < -0.4 is 4.90 Å². The summed E-state index contributed by atoms with van der Waals surface area (Å²) in [5.41, 5.74) is 2.77. The first-order valence-corrected chi connectivity index (χ1v) is 7.67. The lowest BCUT2D eigenvalue weighted by Crippen LogP contribution is -2.26. The second-order valence-corrected chi connectivity index (χ2v) is 5.53. The van der Waals surface area contributed by atoms with Gasteiger partial charge in [-0.15, -0.1) is 0 Å². The molecule has 0 amide bonds. The van der Waals surface area contributed by atoms with E-state index in [1.807, 2.05) is 0 Å². The van der Waals surface area contributed by atoms with Crippen molar-refractivity contribution in [2.24, 2.45) is 5.92 Å². The van der Waals surface area contributed by atoms with Crippen molar-refractivity contribution < 1.29 is 0 Å². The molecule has 0 aliphatic rings. The maximum absolute atomic E-state index is 3.52. The van der Waals surface area contributed by atoms with Crippen molar-refractivity contribution in [1.29, 1.82) is 0 Å². The van der Waals surface area contributed by atoms with Gasteiger partial charge in [0.05, 0.1) is 0 Å². The van der Waals surface area contributed by atoms with Gasteiger partial charge in [0.25, 0.3) is 0 Å². The number of benzene rings is 1. The van der Waals surface area contributed by atoms with Crippen LogP contribution in [0.4, 0.5) is 5.69 Å². The smallest absolute Gasteiger partial charge is 0.0395 e. The molecule has 0 fully saturated rings. The molecular formula is C15H24BrN. The summed E-state index contributed by atoms with van der Waals surface area (Å²) in [4.78, 5) is 2.49. The Bertz CT molecular complexity index is 324. The zero-order valence-corrected chi connectivity index (χ0v) is 12.8. The number of hydrogen-bond donors (Lipinski definition) is 0. The van der Waals surface area contributed by atoms with Gasteiger partial charge in [0.15, 0.2) is 0 Å². The van der Waals surface area contributed by atoms with Gasteiger partial charge < -0.3 is 4.90 Å². The molecule has 1 nitrogen and oxygen atoms in total. The summed E-state index contributed by atoms with van der Waals surface area (Å²) in [5.74, 6) is 0.799. The van der Waals surface area contributed by atoms with E-state index in [1.54, 1.807) is 0 Å². The molecule has 0 spiro atoms. The van der Waals surface area contributed by atoms with Crippen LogP contribution in [0.15, 0.2) is 24.3 Å². The fourth-order valence-electron chi connectivity index (χ4n) is 2.07. The van der Waals surface area contributed by atoms with E-state index in [0.717, 1.165) is 24.3 Å². The van der Waals surface area contributed by atoms with Crippen molar-refractivity contribution in [3.63, 3.8) is 0 Å². The van der Waals surface area contributed by atoms with Gasteiger partial charge in [-0.05, 0) is 44.2 Å². The van der Waals surface area contributed by atoms with E-state index >= 15 is 0 Å². The summed E-state index contributed by atoms with van der Waals surface area (Å²) < 4.78 is 0. The first kappa shape index (κ1) is 14.6. The van der Waals surface area contributed by atoms with Gasteiger partial charge >= 0.3 is 0 Å². The number of hydrogen-bond acceptors (Lipinski definition) is 1. The van der Waals surface area contributed by atoms with E-state index in [-0.39, 0.29) is 0 Å². The SMILES string of the molecule is CCN(CCC(C)CCBr)c1ccccc1C. The molecule has 1 unspecified atom stereocenters. The minimum atomic E-state index is 0.799. The van der Waals surface area contributed by atoms with E-state index in [1.165, 1.54) is 24.1 Å². The Kier molecular flexibility index (Phi) is 6.64. The molecule has 0 bridgehead atoms. The van der Waals surface area contributed by atoms with Crippen LogP contribution >= 0.6 is 15.9 Å². The van der Waals surface area contributed by atoms with Gasteiger partial charge in [-0.1, -0.05) is 41.1 Å². The van der Waals surface area contributed by atoms with Gasteiger partial charge in [0, 0.05) is 24.1 Å². The molecule has 0 saturated heterocycles. The van der Waals surface area contributed by atoms with Gasteiger partial charge in [0.1, 0.15) is 0 Å². The Morgan fingerprint density at radius 3 is 2.53 bits per heavy atom. The number of alkyl halides is 1. The van der Waals surface area contributed by atoms with Crippen LogP contribution in [0.25, 0.3) is 0 Å². The fourth-order valence-corrected chi connectivity index (χ4v) is 2.86. The minimum Gasteiger partial charge on any atom is -0.372 e. The van der Waals surface area contributed by atoms with E-state index in [0.29, 0.717) is 0 Å². The molecule has 1 aromatic carbocycles. The summed E-state index contributed by atoms with van der Waals surface area (Å²) in [6.07, 6.45) is 2.54. The number of anilines is 1. The largest absolute Gasteiger partial charge is 0.372 e. The topological polar surface area (TPSA) is 3.24 Å². The Balaban J connectivity index is 2.57. The quantitative estimate of drug-likeness (QED) is 0.663. The molecule has 1 atom stereocenters. The summed E-state index contributed by atoms with van der Waals surface area (Å²) in [6, 6.07) is 8.67. The van der Waals surface area contributed by atoms with E-state index in [2.05, 4.69) is 65.9 Å². The monoisotopic (exact) mass is 297 g/mol. The Morgan fingerprint density at radius 1 is 1.24 bits per heavy atom. The summed E-state index contributed by atoms with van der Waals surface area (Å²) in [7, 11) is 0. The minimum absolute atomic E-state index is 0.799. The van der Waals surface area contributed by atoms with Crippen LogP contribution in [-0.2, 0) is 0 Å². The zero-order chi connectivity index (χ0) is 12.7. The summed E-state index contributed by atoms with van der Waals surface area (Å²) >= 11 is 3.52. The third-order valence-electron chi connectivity index (χ3n) is 3.33. The highest BCUT2D eigenvalue weighted by Gasteiger charge is 2.08. The van der Waals surface area contributed by atoms with Crippen molar-refractivity contribution >= 4 is 21.6 Å². The second kappa shape index (κ2) is 7.75. The first-order chi connectivity index (χ1) is 8.19. The van der Waals surface area contributed by atoms with Crippen LogP contribution in [0.2, 0.25) is 0 Å². The van der Waals surface area contributed by atoms with Crippen molar-refractivity contribution in [2.75, 3.05) is 23.3 Å². The molecule has 0 aliphatic carbocycles. The molecule has 17 heavy (non-hydrogen) atoms. The van der Waals surface area contributed by atoms with Crippen LogP contribution in [-0.4, -0.2) is 18.4 Å².